The molecule has 1 heterocycles. The molecule has 0 aliphatic carbocycles. The van der Waals surface area contributed by atoms with Gasteiger partial charge in [-0.15, -0.1) is 0 Å². The van der Waals surface area contributed by atoms with Crippen molar-refractivity contribution in [2.24, 2.45) is 0 Å². The van der Waals surface area contributed by atoms with Crippen molar-refractivity contribution in [1.29, 1.82) is 0 Å². The van der Waals surface area contributed by atoms with Crippen LogP contribution < -0.4 is 5.32 Å². The van der Waals surface area contributed by atoms with E-state index in [0.717, 1.165) is 5.56 Å². The van der Waals surface area contributed by atoms with Crippen molar-refractivity contribution < 1.29 is 8.42 Å². The van der Waals surface area contributed by atoms with E-state index in [1.807, 2.05) is 42.3 Å². The molecule has 6 heteroatoms. The van der Waals surface area contributed by atoms with Crippen LogP contribution in [0, 0.1) is 0 Å². The van der Waals surface area contributed by atoms with E-state index >= 15 is 0 Å². The largest absolute Gasteiger partial charge is 0.358 e. The molecule has 1 fully saturated rings. The molecule has 0 unspecified atom stereocenters. The fourth-order valence-electron chi connectivity index (χ4n) is 2.14. The Morgan fingerprint density at radius 3 is 2.68 bits per heavy atom. The van der Waals surface area contributed by atoms with E-state index in [2.05, 4.69) is 5.32 Å². The van der Waals surface area contributed by atoms with E-state index in [1.54, 1.807) is 0 Å². The van der Waals surface area contributed by atoms with Crippen LogP contribution in [-0.2, 0) is 16.4 Å². The highest BCUT2D eigenvalue weighted by Gasteiger charge is 2.31. The van der Waals surface area contributed by atoms with Crippen molar-refractivity contribution in [3.8, 4) is 0 Å². The Kier molecular flexibility index (Phi) is 4.42. The Balaban J connectivity index is 1.87. The number of sulfone groups is 1. The molecule has 1 aliphatic heterocycles. The molecular weight excluding hydrogens is 280 g/mol. The molecule has 1 atom stereocenters. The van der Waals surface area contributed by atoms with Crippen LogP contribution in [0.25, 0.3) is 0 Å². The highest BCUT2D eigenvalue weighted by Crippen LogP contribution is 2.16. The molecular formula is C13H18N2O2S2. The minimum Gasteiger partial charge on any atom is -0.358 e. The maximum absolute atomic E-state index is 11.5. The van der Waals surface area contributed by atoms with Gasteiger partial charge in [-0.25, -0.2) is 8.42 Å². The van der Waals surface area contributed by atoms with Gasteiger partial charge in [-0.1, -0.05) is 30.3 Å². The summed E-state index contributed by atoms with van der Waals surface area (Å²) in [5, 5.41) is 3.77. The number of nitrogens with zero attached hydrogens (tertiary/aromatic N) is 1. The first-order chi connectivity index (χ1) is 8.98. The predicted octanol–water partition coefficient (Wildman–Crippen LogP) is 1.18. The molecule has 1 aromatic rings. The first-order valence-corrected chi connectivity index (χ1v) is 8.46. The van der Waals surface area contributed by atoms with Gasteiger partial charge in [0, 0.05) is 19.6 Å². The lowest BCUT2D eigenvalue weighted by atomic mass is 10.2. The molecule has 2 rings (SSSR count). The fourth-order valence-corrected chi connectivity index (χ4v) is 4.14. The SMILES string of the molecule is CN(C(=S)NCc1ccccc1)[C@@H]1CCS(=O)(=O)C1. The average molecular weight is 298 g/mol. The third kappa shape index (κ3) is 3.91. The van der Waals surface area contributed by atoms with Gasteiger partial charge in [-0.3, -0.25) is 0 Å². The predicted molar refractivity (Wildman–Crippen MR) is 80.7 cm³/mol. The number of hydrogen-bond donors (Lipinski definition) is 1. The molecule has 0 saturated carbocycles. The molecule has 104 valence electrons. The van der Waals surface area contributed by atoms with Gasteiger partial charge in [-0.05, 0) is 24.2 Å². The van der Waals surface area contributed by atoms with Gasteiger partial charge < -0.3 is 10.2 Å². The summed E-state index contributed by atoms with van der Waals surface area (Å²) < 4.78 is 22.9. The second-order valence-corrected chi connectivity index (χ2v) is 7.43. The minimum atomic E-state index is -2.87. The smallest absolute Gasteiger partial charge is 0.169 e. The lowest BCUT2D eigenvalue weighted by molar-refractivity contribution is 0.390. The standard InChI is InChI=1S/C13H18N2O2S2/c1-15(12-7-8-19(16,17)10-12)13(18)14-9-11-5-3-2-4-6-11/h2-6,12H,7-10H2,1H3,(H,14,18)/t12-/m1/s1. The quantitative estimate of drug-likeness (QED) is 0.849. The lowest BCUT2D eigenvalue weighted by Crippen LogP contribution is -2.43. The van der Waals surface area contributed by atoms with Crippen LogP contribution in [0.15, 0.2) is 30.3 Å². The Morgan fingerprint density at radius 1 is 1.42 bits per heavy atom. The summed E-state index contributed by atoms with van der Waals surface area (Å²) in [7, 11) is -1.02. The van der Waals surface area contributed by atoms with E-state index in [-0.39, 0.29) is 17.5 Å². The van der Waals surface area contributed by atoms with Crippen LogP contribution in [0.5, 0.6) is 0 Å². The molecule has 0 amide bonds. The summed E-state index contributed by atoms with van der Waals surface area (Å²) in [5.41, 5.74) is 1.15. The number of benzene rings is 1. The van der Waals surface area contributed by atoms with Crippen molar-refractivity contribution in [3.05, 3.63) is 35.9 Å². The summed E-state index contributed by atoms with van der Waals surface area (Å²) in [5.74, 6) is 0.472. The number of nitrogens with one attached hydrogen (secondary N) is 1. The van der Waals surface area contributed by atoms with E-state index < -0.39 is 9.84 Å². The van der Waals surface area contributed by atoms with Crippen molar-refractivity contribution >= 4 is 27.2 Å². The molecule has 0 radical (unpaired) electrons. The Bertz CT molecular complexity index is 543. The van der Waals surface area contributed by atoms with E-state index in [4.69, 9.17) is 12.2 Å². The zero-order valence-corrected chi connectivity index (χ0v) is 12.5. The number of thiocarbonyl (C=S) groups is 1. The van der Waals surface area contributed by atoms with Crippen molar-refractivity contribution in [1.82, 2.24) is 10.2 Å². The van der Waals surface area contributed by atoms with Gasteiger partial charge >= 0.3 is 0 Å². The van der Waals surface area contributed by atoms with Gasteiger partial charge in [0.25, 0.3) is 0 Å². The van der Waals surface area contributed by atoms with Crippen LogP contribution in [-0.4, -0.2) is 43.0 Å². The summed E-state index contributed by atoms with van der Waals surface area (Å²) in [6, 6.07) is 9.98. The fraction of sp³-hybridized carbons (Fsp3) is 0.462. The average Bonchev–Trinajstić information content (AvgIpc) is 2.76. The normalized spacial score (nSPS) is 21.0. The zero-order chi connectivity index (χ0) is 13.9. The highest BCUT2D eigenvalue weighted by atomic mass is 32.2. The third-order valence-corrected chi connectivity index (χ3v) is 5.55. The monoisotopic (exact) mass is 298 g/mol. The van der Waals surface area contributed by atoms with Gasteiger partial charge in [0.2, 0.25) is 0 Å². The topological polar surface area (TPSA) is 49.4 Å². The number of rotatable bonds is 3. The molecule has 1 saturated heterocycles. The van der Waals surface area contributed by atoms with Gasteiger partial charge in [-0.2, -0.15) is 0 Å². The van der Waals surface area contributed by atoms with E-state index in [0.29, 0.717) is 18.1 Å². The molecule has 1 N–H and O–H groups in total. The first-order valence-electron chi connectivity index (χ1n) is 6.23. The van der Waals surface area contributed by atoms with Gasteiger partial charge in [0.05, 0.1) is 11.5 Å². The Morgan fingerprint density at radius 2 is 2.11 bits per heavy atom. The Labute approximate surface area is 119 Å². The molecule has 4 nitrogen and oxygen atoms in total. The minimum absolute atomic E-state index is 0.000716. The summed E-state index contributed by atoms with van der Waals surface area (Å²) in [4.78, 5) is 1.86. The van der Waals surface area contributed by atoms with Crippen molar-refractivity contribution in [3.63, 3.8) is 0 Å². The number of hydrogen-bond acceptors (Lipinski definition) is 3. The van der Waals surface area contributed by atoms with Crippen LogP contribution in [0.4, 0.5) is 0 Å². The molecule has 1 aliphatic rings. The lowest BCUT2D eigenvalue weighted by Gasteiger charge is -2.26. The molecule has 0 spiro atoms. The van der Waals surface area contributed by atoms with E-state index in [9.17, 15) is 8.42 Å². The van der Waals surface area contributed by atoms with Crippen LogP contribution in [0.2, 0.25) is 0 Å². The molecule has 0 aromatic heterocycles. The van der Waals surface area contributed by atoms with Crippen LogP contribution in [0.1, 0.15) is 12.0 Å². The molecule has 19 heavy (non-hydrogen) atoms. The second kappa shape index (κ2) is 5.88. The maximum atomic E-state index is 11.5. The summed E-state index contributed by atoms with van der Waals surface area (Å²) in [6.07, 6.45) is 0.659. The van der Waals surface area contributed by atoms with E-state index in [1.165, 1.54) is 0 Å². The summed E-state index contributed by atoms with van der Waals surface area (Å²) in [6.45, 7) is 0.656. The van der Waals surface area contributed by atoms with Gasteiger partial charge in [0.15, 0.2) is 14.9 Å². The zero-order valence-electron chi connectivity index (χ0n) is 10.9. The molecule has 0 bridgehead atoms. The third-order valence-electron chi connectivity index (χ3n) is 3.36. The second-order valence-electron chi connectivity index (χ2n) is 4.81. The molecule has 1 aromatic carbocycles. The van der Waals surface area contributed by atoms with Crippen LogP contribution >= 0.6 is 12.2 Å². The maximum Gasteiger partial charge on any atom is 0.169 e. The van der Waals surface area contributed by atoms with Crippen molar-refractivity contribution in [2.75, 3.05) is 18.6 Å². The van der Waals surface area contributed by atoms with Crippen molar-refractivity contribution in [2.45, 2.75) is 19.0 Å². The Hall–Kier alpha value is -1.14. The van der Waals surface area contributed by atoms with Crippen LogP contribution in [0.3, 0.4) is 0 Å². The first kappa shape index (κ1) is 14.3. The summed E-state index contributed by atoms with van der Waals surface area (Å²) >= 11 is 5.31. The van der Waals surface area contributed by atoms with Gasteiger partial charge in [0.1, 0.15) is 0 Å². The highest BCUT2D eigenvalue weighted by molar-refractivity contribution is 7.91.